The number of furan rings is 1. The fraction of sp³-hybridized carbons (Fsp3) is 0.250. The molecule has 0 amide bonds. The highest BCUT2D eigenvalue weighted by molar-refractivity contribution is 5.80. The molecule has 0 aliphatic rings. The van der Waals surface area contributed by atoms with E-state index in [0.717, 1.165) is 23.2 Å². The van der Waals surface area contributed by atoms with E-state index in [-0.39, 0.29) is 5.97 Å². The molecule has 0 atom stereocenters. The van der Waals surface area contributed by atoms with E-state index in [1.165, 1.54) is 6.92 Å². The van der Waals surface area contributed by atoms with Crippen LogP contribution in [0.2, 0.25) is 0 Å². The predicted molar refractivity (Wildman–Crippen MR) is 56.9 cm³/mol. The van der Waals surface area contributed by atoms with E-state index in [1.54, 1.807) is 12.1 Å². The van der Waals surface area contributed by atoms with Crippen molar-refractivity contribution in [2.75, 3.05) is 0 Å². The molecule has 3 heteroatoms. The summed E-state index contributed by atoms with van der Waals surface area (Å²) in [6.07, 6.45) is 0.859. The number of hydrogen-bond donors (Lipinski definition) is 0. The third kappa shape index (κ3) is 2.01. The van der Waals surface area contributed by atoms with Gasteiger partial charge in [0.05, 0.1) is 0 Å². The fourth-order valence-electron chi connectivity index (χ4n) is 1.48. The lowest BCUT2D eigenvalue weighted by Crippen LogP contribution is -2.00. The first kappa shape index (κ1) is 9.77. The third-order valence-corrected chi connectivity index (χ3v) is 2.15. The van der Waals surface area contributed by atoms with Crippen LogP contribution in [0.3, 0.4) is 0 Å². The third-order valence-electron chi connectivity index (χ3n) is 2.15. The fourth-order valence-corrected chi connectivity index (χ4v) is 1.48. The first-order valence-electron chi connectivity index (χ1n) is 4.90. The first-order valence-corrected chi connectivity index (χ1v) is 4.90. The van der Waals surface area contributed by atoms with Crippen molar-refractivity contribution in [1.29, 1.82) is 0 Å². The minimum absolute atomic E-state index is 0.312. The molecule has 0 bridgehead atoms. The van der Waals surface area contributed by atoms with Crippen LogP contribution in [0.1, 0.15) is 19.6 Å². The number of aryl methyl sites for hydroxylation is 1. The maximum atomic E-state index is 10.8. The molecule has 0 unspecified atom stereocenters. The number of carbonyl (C=O) groups is 1. The van der Waals surface area contributed by atoms with E-state index in [9.17, 15) is 4.79 Å². The van der Waals surface area contributed by atoms with Gasteiger partial charge in [-0.2, -0.15) is 0 Å². The van der Waals surface area contributed by atoms with Gasteiger partial charge in [-0.15, -0.1) is 0 Å². The molecule has 0 aliphatic carbocycles. The number of esters is 1. The normalized spacial score (nSPS) is 10.5. The molecule has 15 heavy (non-hydrogen) atoms. The summed E-state index contributed by atoms with van der Waals surface area (Å²) < 4.78 is 10.5. The van der Waals surface area contributed by atoms with Crippen molar-refractivity contribution >= 4 is 16.9 Å². The van der Waals surface area contributed by atoms with E-state index in [1.807, 2.05) is 19.1 Å². The zero-order valence-corrected chi connectivity index (χ0v) is 8.74. The quantitative estimate of drug-likeness (QED) is 0.557. The van der Waals surface area contributed by atoms with Crippen molar-refractivity contribution in [1.82, 2.24) is 0 Å². The number of fused-ring (bicyclic) bond motifs is 1. The zero-order valence-electron chi connectivity index (χ0n) is 8.74. The molecule has 0 aliphatic heterocycles. The van der Waals surface area contributed by atoms with Crippen LogP contribution in [0.4, 0.5) is 0 Å². The lowest BCUT2D eigenvalue weighted by molar-refractivity contribution is -0.131. The molecule has 0 N–H and O–H groups in total. The Hall–Kier alpha value is -1.77. The van der Waals surface area contributed by atoms with Gasteiger partial charge in [0, 0.05) is 18.7 Å². The maximum Gasteiger partial charge on any atom is 0.308 e. The average Bonchev–Trinajstić information content (AvgIpc) is 2.58. The summed E-state index contributed by atoms with van der Waals surface area (Å²) in [7, 11) is 0. The summed E-state index contributed by atoms with van der Waals surface area (Å²) in [6.45, 7) is 3.42. The Balaban J connectivity index is 2.41. The van der Waals surface area contributed by atoms with Gasteiger partial charge in [0.1, 0.15) is 17.1 Å². The predicted octanol–water partition coefficient (Wildman–Crippen LogP) is 2.92. The molecule has 0 saturated carbocycles. The van der Waals surface area contributed by atoms with Gasteiger partial charge in [0.25, 0.3) is 0 Å². The summed E-state index contributed by atoms with van der Waals surface area (Å²) >= 11 is 0. The Bertz CT molecular complexity index is 497. The van der Waals surface area contributed by atoms with Crippen molar-refractivity contribution in [3.8, 4) is 5.75 Å². The molecule has 0 saturated heterocycles. The molecular formula is C12H12O3. The van der Waals surface area contributed by atoms with Crippen molar-refractivity contribution in [2.24, 2.45) is 0 Å². The van der Waals surface area contributed by atoms with E-state index < -0.39 is 0 Å². The van der Waals surface area contributed by atoms with Gasteiger partial charge in [0.15, 0.2) is 0 Å². The largest absolute Gasteiger partial charge is 0.461 e. The van der Waals surface area contributed by atoms with Crippen molar-refractivity contribution in [3.05, 3.63) is 30.0 Å². The Morgan fingerprint density at radius 1 is 1.40 bits per heavy atom. The molecule has 1 aromatic carbocycles. The van der Waals surface area contributed by atoms with Gasteiger partial charge in [-0.1, -0.05) is 6.92 Å². The topological polar surface area (TPSA) is 39.4 Å². The molecule has 2 aromatic rings. The molecular weight excluding hydrogens is 192 g/mol. The second kappa shape index (κ2) is 3.77. The highest BCUT2D eigenvalue weighted by atomic mass is 16.5. The average molecular weight is 204 g/mol. The molecule has 0 spiro atoms. The number of hydrogen-bond acceptors (Lipinski definition) is 3. The summed E-state index contributed by atoms with van der Waals surface area (Å²) in [5.74, 6) is 1.18. The first-order chi connectivity index (χ1) is 7.19. The summed E-state index contributed by atoms with van der Waals surface area (Å²) in [5, 5.41) is 0.964. The molecule has 2 rings (SSSR count). The van der Waals surface area contributed by atoms with Crippen LogP contribution >= 0.6 is 0 Å². The second-order valence-corrected chi connectivity index (χ2v) is 3.36. The van der Waals surface area contributed by atoms with Crippen LogP contribution in [0.15, 0.2) is 28.7 Å². The maximum absolute atomic E-state index is 10.8. The van der Waals surface area contributed by atoms with E-state index in [2.05, 4.69) is 0 Å². The monoisotopic (exact) mass is 204 g/mol. The summed E-state index contributed by atoms with van der Waals surface area (Å²) in [4.78, 5) is 10.8. The van der Waals surface area contributed by atoms with Crippen LogP contribution in [-0.2, 0) is 11.2 Å². The lowest BCUT2D eigenvalue weighted by atomic mass is 10.2. The molecule has 1 aromatic heterocycles. The highest BCUT2D eigenvalue weighted by Crippen LogP contribution is 2.24. The second-order valence-electron chi connectivity index (χ2n) is 3.36. The van der Waals surface area contributed by atoms with Gasteiger partial charge in [0.2, 0.25) is 0 Å². The van der Waals surface area contributed by atoms with Gasteiger partial charge in [-0.05, 0) is 24.3 Å². The van der Waals surface area contributed by atoms with Crippen molar-refractivity contribution < 1.29 is 13.9 Å². The van der Waals surface area contributed by atoms with Crippen LogP contribution < -0.4 is 4.74 Å². The van der Waals surface area contributed by atoms with Gasteiger partial charge < -0.3 is 9.15 Å². The molecule has 0 radical (unpaired) electrons. The van der Waals surface area contributed by atoms with E-state index in [0.29, 0.717) is 5.75 Å². The Kier molecular flexibility index (Phi) is 2.46. The molecule has 78 valence electrons. The number of carbonyl (C=O) groups excluding carboxylic acids is 1. The van der Waals surface area contributed by atoms with Crippen molar-refractivity contribution in [2.45, 2.75) is 20.3 Å². The van der Waals surface area contributed by atoms with Crippen LogP contribution in [-0.4, -0.2) is 5.97 Å². The summed E-state index contributed by atoms with van der Waals surface area (Å²) in [6, 6.07) is 7.31. The standard InChI is InChI=1S/C12H12O3/c1-3-10-6-9-7-11(14-8(2)13)4-5-12(9)15-10/h4-7H,3H2,1-2H3. The highest BCUT2D eigenvalue weighted by Gasteiger charge is 2.04. The Morgan fingerprint density at radius 2 is 2.20 bits per heavy atom. The lowest BCUT2D eigenvalue weighted by Gasteiger charge is -1.99. The molecule has 3 nitrogen and oxygen atoms in total. The SMILES string of the molecule is CCc1cc2cc(OC(C)=O)ccc2o1. The number of benzene rings is 1. The van der Waals surface area contributed by atoms with E-state index >= 15 is 0 Å². The minimum Gasteiger partial charge on any atom is -0.461 e. The van der Waals surface area contributed by atoms with Crippen molar-refractivity contribution in [3.63, 3.8) is 0 Å². The zero-order chi connectivity index (χ0) is 10.8. The van der Waals surface area contributed by atoms with E-state index in [4.69, 9.17) is 9.15 Å². The molecule has 0 fully saturated rings. The van der Waals surface area contributed by atoms with Gasteiger partial charge >= 0.3 is 5.97 Å². The smallest absolute Gasteiger partial charge is 0.308 e. The number of ether oxygens (including phenoxy) is 1. The summed E-state index contributed by atoms with van der Waals surface area (Å²) in [5.41, 5.74) is 0.822. The minimum atomic E-state index is -0.312. The van der Waals surface area contributed by atoms with Crippen LogP contribution in [0.25, 0.3) is 11.0 Å². The van der Waals surface area contributed by atoms with Crippen LogP contribution in [0.5, 0.6) is 5.75 Å². The van der Waals surface area contributed by atoms with Gasteiger partial charge in [-0.25, -0.2) is 0 Å². The number of rotatable bonds is 2. The van der Waals surface area contributed by atoms with Gasteiger partial charge in [-0.3, -0.25) is 4.79 Å². The van der Waals surface area contributed by atoms with Crippen LogP contribution in [0, 0.1) is 0 Å². The Labute approximate surface area is 87.6 Å². The molecule has 1 heterocycles. The Morgan fingerprint density at radius 3 is 2.87 bits per heavy atom.